The average molecular weight is 244 g/mol. The highest BCUT2D eigenvalue weighted by Gasteiger charge is 2.16. The Morgan fingerprint density at radius 3 is 2.94 bits per heavy atom. The second-order valence-corrected chi connectivity index (χ2v) is 3.49. The number of morpholine rings is 1. The third-order valence-electron chi connectivity index (χ3n) is 2.43. The first-order valence-electron chi connectivity index (χ1n) is 4.93. The van der Waals surface area contributed by atoms with Crippen LogP contribution in [-0.4, -0.2) is 30.8 Å². The summed E-state index contributed by atoms with van der Waals surface area (Å²) in [7, 11) is 0. The second kappa shape index (κ2) is 5.84. The summed E-state index contributed by atoms with van der Waals surface area (Å²) in [5, 5.41) is 12.1. The number of hydrogen-bond acceptors (Lipinski definition) is 3. The average Bonchev–Trinajstić information content (AvgIpc) is 2.30. The van der Waals surface area contributed by atoms with Crippen molar-refractivity contribution in [2.45, 2.75) is 6.10 Å². The zero-order valence-electron chi connectivity index (χ0n) is 8.68. The molecule has 0 spiro atoms. The van der Waals surface area contributed by atoms with Crippen molar-refractivity contribution < 1.29 is 14.6 Å². The highest BCUT2D eigenvalue weighted by Crippen LogP contribution is 2.19. The number of hydrogen-bond donors (Lipinski definition) is 2. The minimum Gasteiger partial charge on any atom is -0.478 e. The summed E-state index contributed by atoms with van der Waals surface area (Å²) in [6.07, 6.45) is -0.0296. The quantitative estimate of drug-likeness (QED) is 0.826. The summed E-state index contributed by atoms with van der Waals surface area (Å²) in [5.41, 5.74) is 1.23. The maximum Gasteiger partial charge on any atom is 0.335 e. The predicted molar refractivity (Wildman–Crippen MR) is 62.2 cm³/mol. The Morgan fingerprint density at radius 2 is 2.31 bits per heavy atom. The van der Waals surface area contributed by atoms with E-state index in [9.17, 15) is 4.79 Å². The molecular weight excluding hydrogens is 230 g/mol. The Labute approximate surface area is 100 Å². The molecule has 2 rings (SSSR count). The summed E-state index contributed by atoms with van der Waals surface area (Å²) in [5.74, 6) is -0.902. The monoisotopic (exact) mass is 243 g/mol. The molecule has 1 saturated heterocycles. The maximum atomic E-state index is 10.8. The number of nitrogens with one attached hydrogen (secondary N) is 1. The van der Waals surface area contributed by atoms with Gasteiger partial charge >= 0.3 is 5.97 Å². The van der Waals surface area contributed by atoms with Crippen molar-refractivity contribution in [1.82, 2.24) is 5.32 Å². The fraction of sp³-hybridized carbons (Fsp3) is 0.364. The first-order valence-corrected chi connectivity index (χ1v) is 4.93. The fourth-order valence-corrected chi connectivity index (χ4v) is 1.65. The molecule has 5 heteroatoms. The number of carboxylic acid groups (broad SMARTS) is 1. The Hall–Kier alpha value is -1.10. The first kappa shape index (κ1) is 13.0. The van der Waals surface area contributed by atoms with Crippen LogP contribution in [0.1, 0.15) is 22.0 Å². The molecule has 16 heavy (non-hydrogen) atoms. The van der Waals surface area contributed by atoms with E-state index < -0.39 is 5.97 Å². The van der Waals surface area contributed by atoms with Gasteiger partial charge in [0.25, 0.3) is 0 Å². The van der Waals surface area contributed by atoms with E-state index >= 15 is 0 Å². The van der Waals surface area contributed by atoms with Crippen molar-refractivity contribution in [2.24, 2.45) is 0 Å². The Bertz CT molecular complexity index is 364. The number of aromatic carboxylic acids is 1. The van der Waals surface area contributed by atoms with Gasteiger partial charge < -0.3 is 15.2 Å². The number of halogens is 1. The third-order valence-corrected chi connectivity index (χ3v) is 2.43. The summed E-state index contributed by atoms with van der Waals surface area (Å²) >= 11 is 0. The molecule has 1 heterocycles. The number of rotatable bonds is 2. The van der Waals surface area contributed by atoms with Gasteiger partial charge in [0.2, 0.25) is 0 Å². The number of carbonyl (C=O) groups is 1. The highest BCUT2D eigenvalue weighted by atomic mass is 35.5. The largest absolute Gasteiger partial charge is 0.478 e. The van der Waals surface area contributed by atoms with Crippen LogP contribution in [0.15, 0.2) is 24.3 Å². The van der Waals surface area contributed by atoms with E-state index in [4.69, 9.17) is 9.84 Å². The number of benzene rings is 1. The van der Waals surface area contributed by atoms with Crippen molar-refractivity contribution in [3.05, 3.63) is 35.4 Å². The zero-order valence-corrected chi connectivity index (χ0v) is 9.50. The van der Waals surface area contributed by atoms with Crippen LogP contribution in [-0.2, 0) is 4.74 Å². The Morgan fingerprint density at radius 1 is 1.50 bits per heavy atom. The topological polar surface area (TPSA) is 58.6 Å². The van der Waals surface area contributed by atoms with E-state index in [0.717, 1.165) is 18.7 Å². The van der Waals surface area contributed by atoms with Gasteiger partial charge in [-0.3, -0.25) is 0 Å². The van der Waals surface area contributed by atoms with E-state index in [0.29, 0.717) is 12.2 Å². The molecule has 1 atom stereocenters. The van der Waals surface area contributed by atoms with Crippen LogP contribution < -0.4 is 5.32 Å². The maximum absolute atomic E-state index is 10.8. The molecule has 0 aliphatic carbocycles. The molecule has 0 amide bonds. The standard InChI is InChI=1S/C11H13NO3.ClH/c13-11(14)9-3-1-2-8(6-9)10-7-12-4-5-15-10;/h1-3,6,10,12H,4-5,7H2,(H,13,14);1H. The Balaban J connectivity index is 0.00000128. The van der Waals surface area contributed by atoms with Gasteiger partial charge in [0.1, 0.15) is 0 Å². The van der Waals surface area contributed by atoms with Crippen LogP contribution in [0, 0.1) is 0 Å². The molecule has 0 saturated carbocycles. The SMILES string of the molecule is Cl.O=C(O)c1cccc(C2CNCCO2)c1. The van der Waals surface area contributed by atoms with E-state index in [2.05, 4.69) is 5.32 Å². The molecule has 1 fully saturated rings. The molecule has 0 bridgehead atoms. The van der Waals surface area contributed by atoms with E-state index in [1.165, 1.54) is 0 Å². The lowest BCUT2D eigenvalue weighted by atomic mass is 10.1. The highest BCUT2D eigenvalue weighted by molar-refractivity contribution is 5.87. The first-order chi connectivity index (χ1) is 7.27. The van der Waals surface area contributed by atoms with E-state index in [-0.39, 0.29) is 18.5 Å². The molecule has 88 valence electrons. The van der Waals surface area contributed by atoms with Gasteiger partial charge in [-0.2, -0.15) is 0 Å². The van der Waals surface area contributed by atoms with Gasteiger partial charge in [0.05, 0.1) is 18.3 Å². The molecule has 1 aromatic rings. The van der Waals surface area contributed by atoms with Gasteiger partial charge in [0.15, 0.2) is 0 Å². The predicted octanol–water partition coefficient (Wildman–Crippen LogP) is 1.47. The fourth-order valence-electron chi connectivity index (χ4n) is 1.65. The molecule has 1 aliphatic rings. The van der Waals surface area contributed by atoms with Crippen molar-refractivity contribution in [3.63, 3.8) is 0 Å². The number of ether oxygens (including phenoxy) is 1. The van der Waals surface area contributed by atoms with Gasteiger partial charge in [-0.15, -0.1) is 12.4 Å². The van der Waals surface area contributed by atoms with Crippen LogP contribution in [0.2, 0.25) is 0 Å². The summed E-state index contributed by atoms with van der Waals surface area (Å²) in [6.45, 7) is 2.26. The molecule has 4 nitrogen and oxygen atoms in total. The smallest absolute Gasteiger partial charge is 0.335 e. The molecule has 1 unspecified atom stereocenters. The van der Waals surface area contributed by atoms with E-state index in [1.54, 1.807) is 18.2 Å². The number of carboxylic acids is 1. The lowest BCUT2D eigenvalue weighted by Crippen LogP contribution is -2.33. The van der Waals surface area contributed by atoms with Crippen molar-refractivity contribution in [1.29, 1.82) is 0 Å². The second-order valence-electron chi connectivity index (χ2n) is 3.49. The summed E-state index contributed by atoms with van der Waals surface area (Å²) in [6, 6.07) is 6.89. The van der Waals surface area contributed by atoms with Crippen LogP contribution in [0.3, 0.4) is 0 Å². The molecule has 1 aromatic carbocycles. The zero-order chi connectivity index (χ0) is 10.7. The van der Waals surface area contributed by atoms with Gasteiger partial charge in [-0.05, 0) is 17.7 Å². The molecule has 1 aliphatic heterocycles. The Kier molecular flexibility index (Phi) is 4.73. The van der Waals surface area contributed by atoms with Gasteiger partial charge in [-0.1, -0.05) is 12.1 Å². The van der Waals surface area contributed by atoms with Crippen LogP contribution in [0.25, 0.3) is 0 Å². The van der Waals surface area contributed by atoms with Crippen molar-refractivity contribution in [3.8, 4) is 0 Å². The van der Waals surface area contributed by atoms with Crippen molar-refractivity contribution >= 4 is 18.4 Å². The van der Waals surface area contributed by atoms with Crippen LogP contribution in [0.5, 0.6) is 0 Å². The van der Waals surface area contributed by atoms with Crippen LogP contribution >= 0.6 is 12.4 Å². The minimum absolute atomic E-state index is 0. The van der Waals surface area contributed by atoms with Gasteiger partial charge in [0, 0.05) is 13.1 Å². The molecule has 0 radical (unpaired) electrons. The summed E-state index contributed by atoms with van der Waals surface area (Å²) < 4.78 is 5.54. The van der Waals surface area contributed by atoms with Gasteiger partial charge in [-0.25, -0.2) is 4.79 Å². The molecule has 2 N–H and O–H groups in total. The molecule has 0 aromatic heterocycles. The lowest BCUT2D eigenvalue weighted by molar-refractivity contribution is 0.0276. The minimum atomic E-state index is -0.902. The van der Waals surface area contributed by atoms with Crippen molar-refractivity contribution in [2.75, 3.05) is 19.7 Å². The normalized spacial score (nSPS) is 19.9. The summed E-state index contributed by atoms with van der Waals surface area (Å²) in [4.78, 5) is 10.8. The lowest BCUT2D eigenvalue weighted by Gasteiger charge is -2.24. The van der Waals surface area contributed by atoms with Crippen LogP contribution in [0.4, 0.5) is 0 Å². The molecular formula is C11H14ClNO3. The third kappa shape index (κ3) is 2.95. The van der Waals surface area contributed by atoms with E-state index in [1.807, 2.05) is 6.07 Å².